The lowest BCUT2D eigenvalue weighted by atomic mass is 9.72. The summed E-state index contributed by atoms with van der Waals surface area (Å²) in [6, 6.07) is 8.97. The zero-order chi connectivity index (χ0) is 20.3. The molecule has 0 radical (unpaired) electrons. The van der Waals surface area contributed by atoms with Crippen LogP contribution >= 0.6 is 11.3 Å². The van der Waals surface area contributed by atoms with Gasteiger partial charge in [-0.1, -0.05) is 39.0 Å². The molecule has 1 atom stereocenters. The van der Waals surface area contributed by atoms with Crippen LogP contribution in [0.5, 0.6) is 0 Å². The normalized spacial score (nSPS) is 16.6. The van der Waals surface area contributed by atoms with Gasteiger partial charge in [-0.05, 0) is 48.3 Å². The molecule has 3 rings (SSSR count). The van der Waals surface area contributed by atoms with Crippen molar-refractivity contribution in [1.29, 1.82) is 0 Å². The van der Waals surface area contributed by atoms with Crippen LogP contribution in [0.1, 0.15) is 63.2 Å². The molecule has 1 aromatic carbocycles. The first-order valence-electron chi connectivity index (χ1n) is 9.42. The second-order valence-electron chi connectivity index (χ2n) is 8.14. The second kappa shape index (κ2) is 8.27. The molecule has 1 aromatic heterocycles. The average molecular weight is 399 g/mol. The third-order valence-corrected chi connectivity index (χ3v) is 6.50. The van der Waals surface area contributed by atoms with Crippen molar-refractivity contribution in [3.8, 4) is 0 Å². The van der Waals surface area contributed by atoms with Crippen LogP contribution in [0.2, 0.25) is 0 Å². The summed E-state index contributed by atoms with van der Waals surface area (Å²) in [6.07, 6.45) is 4.69. The molecule has 148 valence electrons. The monoisotopic (exact) mass is 398 g/mol. The quantitative estimate of drug-likeness (QED) is 0.470. The van der Waals surface area contributed by atoms with Crippen molar-refractivity contribution < 1.29 is 14.3 Å². The summed E-state index contributed by atoms with van der Waals surface area (Å²) >= 11 is 1.55. The van der Waals surface area contributed by atoms with Gasteiger partial charge in [-0.25, -0.2) is 10.2 Å². The van der Waals surface area contributed by atoms with E-state index < -0.39 is 5.97 Å². The topological polar surface area (TPSA) is 67.8 Å². The molecule has 1 aliphatic carbocycles. The van der Waals surface area contributed by atoms with Gasteiger partial charge in [0.25, 0.3) is 5.91 Å². The van der Waals surface area contributed by atoms with Crippen LogP contribution in [-0.2, 0) is 17.6 Å². The van der Waals surface area contributed by atoms with Gasteiger partial charge in [-0.3, -0.25) is 4.79 Å². The fraction of sp³-hybridized carbons (Fsp3) is 0.409. The highest BCUT2D eigenvalue weighted by atomic mass is 32.1. The zero-order valence-corrected chi connectivity index (χ0v) is 17.6. The van der Waals surface area contributed by atoms with E-state index in [0.717, 1.165) is 12.8 Å². The Hall–Kier alpha value is -2.47. The van der Waals surface area contributed by atoms with Crippen molar-refractivity contribution in [1.82, 2.24) is 5.43 Å². The molecule has 0 fully saturated rings. The highest BCUT2D eigenvalue weighted by Crippen LogP contribution is 2.40. The number of esters is 1. The van der Waals surface area contributed by atoms with E-state index >= 15 is 0 Å². The minimum Gasteiger partial charge on any atom is -0.465 e. The number of aryl methyl sites for hydroxylation is 1. The number of benzene rings is 1. The second-order valence-corrected chi connectivity index (χ2v) is 9.28. The van der Waals surface area contributed by atoms with E-state index in [9.17, 15) is 9.59 Å². The Bertz CT molecular complexity index is 909. The number of hydrogen-bond acceptors (Lipinski definition) is 5. The highest BCUT2D eigenvalue weighted by molar-refractivity contribution is 7.14. The van der Waals surface area contributed by atoms with Crippen molar-refractivity contribution >= 4 is 29.4 Å². The summed E-state index contributed by atoms with van der Waals surface area (Å²) in [5, 5.41) is 4.03. The predicted octanol–water partition coefficient (Wildman–Crippen LogP) is 4.45. The number of rotatable bonds is 4. The number of thiophene rings is 1. The van der Waals surface area contributed by atoms with Gasteiger partial charge in [0.2, 0.25) is 0 Å². The van der Waals surface area contributed by atoms with Gasteiger partial charge in [-0.2, -0.15) is 5.10 Å². The number of nitrogens with one attached hydrogen (secondary N) is 1. The van der Waals surface area contributed by atoms with E-state index in [1.54, 1.807) is 35.6 Å². The van der Waals surface area contributed by atoms with Crippen molar-refractivity contribution in [3.05, 3.63) is 56.8 Å². The molecule has 0 bridgehead atoms. The third kappa shape index (κ3) is 4.50. The predicted molar refractivity (Wildman–Crippen MR) is 112 cm³/mol. The molecule has 0 spiro atoms. The maximum Gasteiger partial charge on any atom is 0.338 e. The molecule has 5 nitrogen and oxygen atoms in total. The standard InChI is InChI=1S/C22H26N2O3S/c1-22(2,3)16-9-10-18-15(11-16)12-19(28-18)20(25)24-23-13-14-7-5-6-8-17(14)21(26)27-4/h5-8,12-13,16H,9-11H2,1-4H3,(H,24,25)/b23-13-/t16-/m1/s1. The molecule has 0 unspecified atom stereocenters. The molecule has 0 saturated heterocycles. The van der Waals surface area contributed by atoms with Crippen LogP contribution in [0, 0.1) is 11.3 Å². The number of hydrogen-bond donors (Lipinski definition) is 1. The lowest BCUT2D eigenvalue weighted by Crippen LogP contribution is -2.26. The van der Waals surface area contributed by atoms with Crippen LogP contribution in [0.25, 0.3) is 0 Å². The number of hydrazone groups is 1. The Balaban J connectivity index is 1.68. The average Bonchev–Trinajstić information content (AvgIpc) is 3.10. The molecule has 6 heteroatoms. The van der Waals surface area contributed by atoms with Crippen molar-refractivity contribution in [2.24, 2.45) is 16.4 Å². The summed E-state index contributed by atoms with van der Waals surface area (Å²) in [7, 11) is 1.33. The number of amides is 1. The van der Waals surface area contributed by atoms with Gasteiger partial charge in [0.05, 0.1) is 23.8 Å². The number of carbonyl (C=O) groups excluding carboxylic acids is 2. The van der Waals surface area contributed by atoms with E-state index in [0.29, 0.717) is 21.9 Å². The number of methoxy groups -OCH3 is 1. The molecule has 1 N–H and O–H groups in total. The van der Waals surface area contributed by atoms with Crippen molar-refractivity contribution in [2.75, 3.05) is 7.11 Å². The Morgan fingerprint density at radius 3 is 2.75 bits per heavy atom. The van der Waals surface area contributed by atoms with E-state index in [-0.39, 0.29) is 11.3 Å². The number of fused-ring (bicyclic) bond motifs is 1. The van der Waals surface area contributed by atoms with E-state index in [1.807, 2.05) is 6.07 Å². The maximum absolute atomic E-state index is 12.5. The van der Waals surface area contributed by atoms with E-state index in [4.69, 9.17) is 4.74 Å². The maximum atomic E-state index is 12.5. The first-order chi connectivity index (χ1) is 13.3. The fourth-order valence-electron chi connectivity index (χ4n) is 3.50. The van der Waals surface area contributed by atoms with E-state index in [1.165, 1.54) is 30.2 Å². The first-order valence-corrected chi connectivity index (χ1v) is 10.2. The summed E-state index contributed by atoms with van der Waals surface area (Å²) in [5.74, 6) is -0.0235. The first kappa shape index (κ1) is 20.3. The summed E-state index contributed by atoms with van der Waals surface area (Å²) in [4.78, 5) is 26.3. The smallest absolute Gasteiger partial charge is 0.338 e. The van der Waals surface area contributed by atoms with Crippen LogP contribution in [0.3, 0.4) is 0 Å². The molecule has 1 heterocycles. The highest BCUT2D eigenvalue weighted by Gasteiger charge is 2.30. The van der Waals surface area contributed by atoms with Crippen LogP contribution in [-0.4, -0.2) is 25.2 Å². The fourth-order valence-corrected chi connectivity index (χ4v) is 4.59. The lowest BCUT2D eigenvalue weighted by Gasteiger charge is -2.33. The van der Waals surface area contributed by atoms with Crippen molar-refractivity contribution in [3.63, 3.8) is 0 Å². The van der Waals surface area contributed by atoms with Gasteiger partial charge < -0.3 is 4.74 Å². The van der Waals surface area contributed by atoms with Crippen LogP contribution in [0.4, 0.5) is 0 Å². The SMILES string of the molecule is COC(=O)c1ccccc1/C=N\NC(=O)c1cc2c(s1)CC[C@@H](C(C)(C)C)C2. The minimum absolute atomic E-state index is 0.224. The van der Waals surface area contributed by atoms with Crippen LogP contribution in [0.15, 0.2) is 35.4 Å². The Morgan fingerprint density at radius 1 is 1.29 bits per heavy atom. The van der Waals surface area contributed by atoms with Crippen LogP contribution < -0.4 is 5.43 Å². The summed E-state index contributed by atoms with van der Waals surface area (Å²) in [5.41, 5.74) is 5.14. The third-order valence-electron chi connectivity index (χ3n) is 5.27. The largest absolute Gasteiger partial charge is 0.465 e. The summed E-state index contributed by atoms with van der Waals surface area (Å²) in [6.45, 7) is 6.84. The van der Waals surface area contributed by atoms with Gasteiger partial charge in [0.15, 0.2) is 0 Å². The minimum atomic E-state index is -0.437. The lowest BCUT2D eigenvalue weighted by molar-refractivity contribution is 0.0600. The molecule has 0 saturated carbocycles. The molecule has 0 aliphatic heterocycles. The number of nitrogens with zero attached hydrogens (tertiary/aromatic N) is 1. The number of carbonyl (C=O) groups is 2. The van der Waals surface area contributed by atoms with Crippen molar-refractivity contribution in [2.45, 2.75) is 40.0 Å². The molecular weight excluding hydrogens is 372 g/mol. The molecule has 1 amide bonds. The summed E-state index contributed by atoms with van der Waals surface area (Å²) < 4.78 is 4.77. The molecule has 1 aliphatic rings. The number of ether oxygens (including phenoxy) is 1. The van der Waals surface area contributed by atoms with Gasteiger partial charge in [0, 0.05) is 10.4 Å². The Kier molecular flexibility index (Phi) is 5.98. The molecule has 2 aromatic rings. The molecule has 28 heavy (non-hydrogen) atoms. The van der Waals surface area contributed by atoms with Gasteiger partial charge in [0.1, 0.15) is 0 Å². The van der Waals surface area contributed by atoms with Gasteiger partial charge >= 0.3 is 5.97 Å². The van der Waals surface area contributed by atoms with E-state index in [2.05, 4.69) is 31.3 Å². The Labute approximate surface area is 169 Å². The zero-order valence-electron chi connectivity index (χ0n) is 16.7. The van der Waals surface area contributed by atoms with Gasteiger partial charge in [-0.15, -0.1) is 11.3 Å². The molecular formula is C22H26N2O3S. The Morgan fingerprint density at radius 2 is 2.04 bits per heavy atom.